The Kier molecular flexibility index (Phi) is 9.04. The maximum absolute atomic E-state index is 14.5. The van der Waals surface area contributed by atoms with Gasteiger partial charge in [-0.1, -0.05) is 75.8 Å². The summed E-state index contributed by atoms with van der Waals surface area (Å²) in [6.07, 6.45) is 6.85. The molecule has 38 heavy (non-hydrogen) atoms. The number of rotatable bonds is 13. The van der Waals surface area contributed by atoms with Crippen LogP contribution < -0.4 is 0 Å². The SMILES string of the molecule is C=CCOC(=O)[C@@H]1[C@H]2C(=O)N([C@H](CO)c3ccccc3)C(C(=O)N(CC=C)CCCCC)C23S[C@@H]1CC3C. The molecule has 2 bridgehead atoms. The molecular formula is C30H40N2O5S. The summed E-state index contributed by atoms with van der Waals surface area (Å²) in [5, 5.41) is 10.5. The molecule has 3 heterocycles. The third-order valence-corrected chi connectivity index (χ3v) is 10.5. The molecule has 206 valence electrons. The van der Waals surface area contributed by atoms with Gasteiger partial charge in [-0.05, 0) is 24.3 Å². The topological polar surface area (TPSA) is 87.1 Å². The third-order valence-electron chi connectivity index (χ3n) is 8.42. The molecule has 3 saturated heterocycles. The molecule has 0 radical (unpaired) electrons. The molecule has 1 aromatic rings. The van der Waals surface area contributed by atoms with E-state index < -0.39 is 34.6 Å². The quantitative estimate of drug-likeness (QED) is 0.231. The van der Waals surface area contributed by atoms with Crippen molar-refractivity contribution in [2.45, 2.75) is 61.6 Å². The second-order valence-corrected chi connectivity index (χ2v) is 12.2. The van der Waals surface area contributed by atoms with Crippen LogP contribution in [-0.4, -0.2) is 75.0 Å². The zero-order valence-electron chi connectivity index (χ0n) is 22.5. The van der Waals surface area contributed by atoms with Crippen LogP contribution in [0, 0.1) is 17.8 Å². The lowest BCUT2D eigenvalue weighted by atomic mass is 9.66. The van der Waals surface area contributed by atoms with Gasteiger partial charge in [0.2, 0.25) is 11.8 Å². The highest BCUT2D eigenvalue weighted by atomic mass is 32.2. The van der Waals surface area contributed by atoms with Crippen LogP contribution in [0.25, 0.3) is 0 Å². The number of hydrogen-bond acceptors (Lipinski definition) is 6. The van der Waals surface area contributed by atoms with Crippen LogP contribution in [0.1, 0.15) is 51.1 Å². The lowest BCUT2D eigenvalue weighted by molar-refractivity contribution is -0.154. The monoisotopic (exact) mass is 540 g/mol. The maximum atomic E-state index is 14.5. The molecule has 7 atom stereocenters. The second kappa shape index (κ2) is 12.1. The van der Waals surface area contributed by atoms with Gasteiger partial charge in [-0.3, -0.25) is 14.4 Å². The summed E-state index contributed by atoms with van der Waals surface area (Å²) < 4.78 is 4.70. The Morgan fingerprint density at radius 2 is 2.00 bits per heavy atom. The van der Waals surface area contributed by atoms with E-state index >= 15 is 0 Å². The minimum absolute atomic E-state index is 0.0326. The van der Waals surface area contributed by atoms with Gasteiger partial charge < -0.3 is 19.6 Å². The molecule has 2 amide bonds. The Hall–Kier alpha value is -2.58. The lowest BCUT2D eigenvalue weighted by Crippen LogP contribution is -2.58. The van der Waals surface area contributed by atoms with Crippen LogP contribution in [0.4, 0.5) is 0 Å². The molecule has 1 aromatic carbocycles. The van der Waals surface area contributed by atoms with E-state index in [0.29, 0.717) is 13.1 Å². The number of hydrogen-bond donors (Lipinski definition) is 1. The largest absolute Gasteiger partial charge is 0.461 e. The number of unbranched alkanes of at least 4 members (excludes halogenated alkanes) is 2. The first-order chi connectivity index (χ1) is 18.4. The van der Waals surface area contributed by atoms with Gasteiger partial charge >= 0.3 is 5.97 Å². The Bertz CT molecular complexity index is 1050. The van der Waals surface area contributed by atoms with E-state index in [4.69, 9.17) is 4.74 Å². The van der Waals surface area contributed by atoms with Crippen molar-refractivity contribution < 1.29 is 24.2 Å². The maximum Gasteiger partial charge on any atom is 0.311 e. The number of ether oxygens (including phenoxy) is 1. The molecule has 3 fully saturated rings. The number of esters is 1. The van der Waals surface area contributed by atoms with Crippen LogP contribution in [0.5, 0.6) is 0 Å². The summed E-state index contributed by atoms with van der Waals surface area (Å²) in [5.74, 6) is -2.08. The van der Waals surface area contributed by atoms with E-state index in [1.807, 2.05) is 30.3 Å². The predicted molar refractivity (Wildman–Crippen MR) is 149 cm³/mol. The first kappa shape index (κ1) is 28.4. The number of amides is 2. The van der Waals surface area contributed by atoms with E-state index in [0.717, 1.165) is 31.2 Å². The molecule has 0 aromatic heterocycles. The van der Waals surface area contributed by atoms with Crippen LogP contribution in [-0.2, 0) is 19.1 Å². The minimum Gasteiger partial charge on any atom is -0.461 e. The highest BCUT2D eigenvalue weighted by Crippen LogP contribution is 2.69. The fourth-order valence-electron chi connectivity index (χ4n) is 6.78. The molecule has 0 saturated carbocycles. The standard InChI is InChI=1S/C30H40N2O5S/c1-5-8-12-16-31(15-6-2)28(35)26-30-20(4)18-23(38-30)24(29(36)37-17-7-3)25(30)27(34)32(26)22(19-33)21-13-10-9-11-14-21/h6-7,9-11,13-14,20,22-26,33H,2-3,5,8,12,15-19H2,1,4H3/t20?,22-,23-,24+,25+,26?,30?/m1/s1. The number of thioether (sulfide) groups is 1. The fraction of sp³-hybridized carbons (Fsp3) is 0.567. The van der Waals surface area contributed by atoms with E-state index in [-0.39, 0.29) is 36.2 Å². The van der Waals surface area contributed by atoms with Crippen molar-refractivity contribution in [1.82, 2.24) is 9.80 Å². The zero-order valence-corrected chi connectivity index (χ0v) is 23.3. The number of fused-ring (bicyclic) bond motifs is 1. The molecular weight excluding hydrogens is 500 g/mol. The number of likely N-dealkylation sites (tertiary alicyclic amines) is 1. The third kappa shape index (κ3) is 4.70. The molecule has 3 aliphatic heterocycles. The number of carbonyl (C=O) groups is 3. The molecule has 4 rings (SSSR count). The Labute approximate surface area is 230 Å². The summed E-state index contributed by atoms with van der Waals surface area (Å²) in [5.41, 5.74) is 0.761. The summed E-state index contributed by atoms with van der Waals surface area (Å²) in [6.45, 7) is 12.4. The Balaban J connectivity index is 1.82. The number of aliphatic hydroxyl groups is 1. The number of aliphatic hydroxyl groups excluding tert-OH is 1. The predicted octanol–water partition coefficient (Wildman–Crippen LogP) is 3.99. The van der Waals surface area contributed by atoms with Crippen molar-refractivity contribution in [2.75, 3.05) is 26.3 Å². The Morgan fingerprint density at radius 3 is 2.63 bits per heavy atom. The molecule has 1 N–H and O–H groups in total. The molecule has 0 aliphatic carbocycles. The summed E-state index contributed by atoms with van der Waals surface area (Å²) in [6, 6.07) is 7.84. The van der Waals surface area contributed by atoms with Crippen LogP contribution >= 0.6 is 11.8 Å². The molecule has 1 spiro atoms. The average Bonchev–Trinajstić information content (AvgIpc) is 3.51. The van der Waals surface area contributed by atoms with Gasteiger partial charge in [-0.2, -0.15) is 0 Å². The zero-order chi connectivity index (χ0) is 27.4. The van der Waals surface area contributed by atoms with Crippen molar-refractivity contribution >= 4 is 29.5 Å². The van der Waals surface area contributed by atoms with Gasteiger partial charge in [0.1, 0.15) is 12.6 Å². The normalized spacial score (nSPS) is 30.1. The highest BCUT2D eigenvalue weighted by Gasteiger charge is 2.77. The van der Waals surface area contributed by atoms with Crippen LogP contribution in [0.3, 0.4) is 0 Å². The van der Waals surface area contributed by atoms with Crippen molar-refractivity contribution in [3.05, 3.63) is 61.2 Å². The van der Waals surface area contributed by atoms with Crippen molar-refractivity contribution in [3.63, 3.8) is 0 Å². The van der Waals surface area contributed by atoms with Gasteiger partial charge in [0.25, 0.3) is 0 Å². The summed E-state index contributed by atoms with van der Waals surface area (Å²) >= 11 is 1.61. The van der Waals surface area contributed by atoms with Gasteiger partial charge in [0.15, 0.2) is 0 Å². The van der Waals surface area contributed by atoms with E-state index in [9.17, 15) is 19.5 Å². The average molecular weight is 541 g/mol. The van der Waals surface area contributed by atoms with Gasteiger partial charge in [-0.25, -0.2) is 0 Å². The molecule has 3 unspecified atom stereocenters. The summed E-state index contributed by atoms with van der Waals surface area (Å²) in [7, 11) is 0. The minimum atomic E-state index is -0.805. The summed E-state index contributed by atoms with van der Waals surface area (Å²) in [4.78, 5) is 45.6. The first-order valence-corrected chi connectivity index (χ1v) is 14.6. The van der Waals surface area contributed by atoms with Crippen LogP contribution in [0.2, 0.25) is 0 Å². The Morgan fingerprint density at radius 1 is 1.26 bits per heavy atom. The van der Waals surface area contributed by atoms with Crippen molar-refractivity contribution in [2.24, 2.45) is 17.8 Å². The molecule has 7 nitrogen and oxygen atoms in total. The highest BCUT2D eigenvalue weighted by molar-refractivity contribution is 8.02. The van der Waals surface area contributed by atoms with Crippen molar-refractivity contribution in [1.29, 1.82) is 0 Å². The fourth-order valence-corrected chi connectivity index (χ4v) is 9.17. The van der Waals surface area contributed by atoms with E-state index in [2.05, 4.69) is 27.0 Å². The number of carbonyl (C=O) groups excluding carboxylic acids is 3. The molecule has 8 heteroatoms. The smallest absolute Gasteiger partial charge is 0.311 e. The first-order valence-electron chi connectivity index (χ1n) is 13.7. The molecule has 3 aliphatic rings. The number of benzene rings is 1. The number of nitrogens with zero attached hydrogens (tertiary/aromatic N) is 2. The van der Waals surface area contributed by atoms with Gasteiger partial charge in [-0.15, -0.1) is 18.3 Å². The second-order valence-electron chi connectivity index (χ2n) is 10.6. The van der Waals surface area contributed by atoms with E-state index in [1.54, 1.807) is 27.6 Å². The lowest BCUT2D eigenvalue weighted by Gasteiger charge is -2.42. The van der Waals surface area contributed by atoms with Crippen LogP contribution in [0.15, 0.2) is 55.6 Å². The van der Waals surface area contributed by atoms with Gasteiger partial charge in [0, 0.05) is 18.3 Å². The van der Waals surface area contributed by atoms with Crippen molar-refractivity contribution in [3.8, 4) is 0 Å². The van der Waals surface area contributed by atoms with Gasteiger partial charge in [0.05, 0.1) is 29.2 Å². The van der Waals surface area contributed by atoms with E-state index in [1.165, 1.54) is 6.08 Å².